The highest BCUT2D eigenvalue weighted by Gasteiger charge is 2.44. The third kappa shape index (κ3) is 25.6. The number of hydrogen-bond donors (Lipinski definition) is 4. The lowest BCUT2D eigenvalue weighted by Gasteiger charge is -2.39. The van der Waals surface area contributed by atoms with Crippen molar-refractivity contribution >= 4 is 11.9 Å². The van der Waals surface area contributed by atoms with Crippen LogP contribution in [0.25, 0.3) is 0 Å². The van der Waals surface area contributed by atoms with Crippen molar-refractivity contribution in [2.75, 3.05) is 19.8 Å². The SMILES string of the molecule is CCC=CCC=CCC=CCC=CCC=CCCCC(=O)OCC(COC1OC(CO)C(O)C(O)C1O)OC(=O)CCCCC=CCC=CCC=CCC. The molecule has 10 heteroatoms. The zero-order valence-electron chi connectivity index (χ0n) is 32.7. The van der Waals surface area contributed by atoms with Gasteiger partial charge in [0.25, 0.3) is 0 Å². The van der Waals surface area contributed by atoms with Crippen molar-refractivity contribution in [3.8, 4) is 0 Å². The molecule has 1 fully saturated rings. The Morgan fingerprint density at radius 3 is 1.54 bits per heavy atom. The fourth-order valence-corrected chi connectivity index (χ4v) is 5.12. The average molecular weight is 757 g/mol. The van der Waals surface area contributed by atoms with Gasteiger partial charge in [-0.05, 0) is 83.5 Å². The Kier molecular flexibility index (Phi) is 30.7. The number of hydrogen-bond acceptors (Lipinski definition) is 10. The van der Waals surface area contributed by atoms with Crippen molar-refractivity contribution in [1.29, 1.82) is 0 Å². The van der Waals surface area contributed by atoms with Gasteiger partial charge in [-0.25, -0.2) is 0 Å². The standard InChI is InChI=1S/C44H68O10/c1-3-5-7-9-11-13-15-17-18-19-20-21-23-24-26-28-30-32-39(46)51-35-37(36-52-44-43(50)42(49)41(48)38(34-45)54-44)53-40(47)33-31-29-27-25-22-16-14-12-10-8-6-4-2/h5-8,11-14,17-18,20-22,24-26,37-38,41-45,48-50H,3-4,9-10,15-16,19,23,27-36H2,1-2H3. The molecule has 1 rings (SSSR count). The van der Waals surface area contributed by atoms with Crippen LogP contribution in [-0.2, 0) is 28.5 Å². The van der Waals surface area contributed by atoms with Crippen LogP contribution in [0.4, 0.5) is 0 Å². The molecule has 0 amide bonds. The minimum absolute atomic E-state index is 0.162. The van der Waals surface area contributed by atoms with E-state index < -0.39 is 55.4 Å². The predicted octanol–water partition coefficient (Wildman–Crippen LogP) is 7.60. The first-order valence-electron chi connectivity index (χ1n) is 19.8. The zero-order valence-corrected chi connectivity index (χ0v) is 32.7. The first kappa shape index (κ1) is 48.6. The molecule has 1 heterocycles. The lowest BCUT2D eigenvalue weighted by atomic mass is 9.99. The van der Waals surface area contributed by atoms with Crippen molar-refractivity contribution < 1.29 is 49.0 Å². The zero-order chi connectivity index (χ0) is 39.5. The van der Waals surface area contributed by atoms with Gasteiger partial charge in [-0.15, -0.1) is 0 Å². The molecule has 0 radical (unpaired) electrons. The second-order valence-electron chi connectivity index (χ2n) is 13.0. The van der Waals surface area contributed by atoms with Crippen LogP contribution in [0.3, 0.4) is 0 Å². The summed E-state index contributed by atoms with van der Waals surface area (Å²) in [4.78, 5) is 25.2. The summed E-state index contributed by atoms with van der Waals surface area (Å²) >= 11 is 0. The first-order valence-corrected chi connectivity index (χ1v) is 19.8. The minimum atomic E-state index is -1.62. The highest BCUT2D eigenvalue weighted by atomic mass is 16.7. The molecular formula is C44H68O10. The molecule has 0 aromatic carbocycles. The minimum Gasteiger partial charge on any atom is -0.462 e. The third-order valence-corrected chi connectivity index (χ3v) is 8.21. The monoisotopic (exact) mass is 756 g/mol. The van der Waals surface area contributed by atoms with Crippen molar-refractivity contribution in [1.82, 2.24) is 0 Å². The molecule has 4 N–H and O–H groups in total. The van der Waals surface area contributed by atoms with Gasteiger partial charge in [0.1, 0.15) is 31.0 Å². The maximum absolute atomic E-state index is 12.7. The van der Waals surface area contributed by atoms with E-state index in [9.17, 15) is 30.0 Å². The van der Waals surface area contributed by atoms with E-state index in [1.165, 1.54) is 0 Å². The van der Waals surface area contributed by atoms with Crippen molar-refractivity contribution in [3.05, 3.63) is 97.2 Å². The van der Waals surface area contributed by atoms with Crippen LogP contribution in [0.5, 0.6) is 0 Å². The Morgan fingerprint density at radius 2 is 1.04 bits per heavy atom. The Bertz CT molecular complexity index is 1200. The molecule has 6 unspecified atom stereocenters. The van der Waals surface area contributed by atoms with Gasteiger partial charge in [-0.2, -0.15) is 0 Å². The maximum Gasteiger partial charge on any atom is 0.306 e. The molecule has 0 spiro atoms. The number of aliphatic hydroxyl groups excluding tert-OH is 4. The van der Waals surface area contributed by atoms with Crippen molar-refractivity contribution in [3.63, 3.8) is 0 Å². The Hall–Kier alpha value is -3.38. The summed E-state index contributed by atoms with van der Waals surface area (Å²) in [5.41, 5.74) is 0. The highest BCUT2D eigenvalue weighted by molar-refractivity contribution is 5.70. The first-order chi connectivity index (χ1) is 26.3. The number of carbonyl (C=O) groups excluding carboxylic acids is 2. The third-order valence-electron chi connectivity index (χ3n) is 8.21. The smallest absolute Gasteiger partial charge is 0.306 e. The molecule has 1 aliphatic heterocycles. The lowest BCUT2D eigenvalue weighted by molar-refractivity contribution is -0.305. The Morgan fingerprint density at radius 1 is 0.574 bits per heavy atom. The summed E-state index contributed by atoms with van der Waals surface area (Å²) in [6.07, 6.45) is 37.2. The van der Waals surface area contributed by atoms with E-state index in [1.807, 2.05) is 6.08 Å². The largest absolute Gasteiger partial charge is 0.462 e. The summed E-state index contributed by atoms with van der Waals surface area (Å²) in [6.45, 7) is 3.05. The van der Waals surface area contributed by atoms with Crippen LogP contribution in [-0.4, -0.2) is 89.0 Å². The lowest BCUT2D eigenvalue weighted by Crippen LogP contribution is -2.59. The molecule has 304 valence electrons. The van der Waals surface area contributed by atoms with E-state index in [4.69, 9.17) is 18.9 Å². The van der Waals surface area contributed by atoms with E-state index in [-0.39, 0.29) is 26.1 Å². The van der Waals surface area contributed by atoms with Gasteiger partial charge in [-0.3, -0.25) is 9.59 Å². The van der Waals surface area contributed by atoms with E-state index in [1.54, 1.807) is 0 Å². The number of allylic oxidation sites excluding steroid dienone is 16. The number of esters is 2. The molecule has 54 heavy (non-hydrogen) atoms. The van der Waals surface area contributed by atoms with E-state index in [2.05, 4.69) is 105 Å². The van der Waals surface area contributed by atoms with Crippen molar-refractivity contribution in [2.45, 2.75) is 147 Å². The molecule has 0 bridgehead atoms. The summed E-state index contributed by atoms with van der Waals surface area (Å²) in [7, 11) is 0. The second-order valence-corrected chi connectivity index (χ2v) is 13.0. The van der Waals surface area contributed by atoms with Crippen LogP contribution in [0.1, 0.15) is 110 Å². The summed E-state index contributed by atoms with van der Waals surface area (Å²) in [5.74, 6) is -0.936. The van der Waals surface area contributed by atoms with Gasteiger partial charge < -0.3 is 39.4 Å². The van der Waals surface area contributed by atoms with Gasteiger partial charge in [-0.1, -0.05) is 111 Å². The van der Waals surface area contributed by atoms with Crippen LogP contribution >= 0.6 is 0 Å². The fraction of sp³-hybridized carbons (Fsp3) is 0.591. The normalized spacial score (nSPS) is 21.8. The maximum atomic E-state index is 12.7. The number of rotatable bonds is 30. The molecule has 0 saturated carbocycles. The number of ether oxygens (including phenoxy) is 4. The van der Waals surface area contributed by atoms with Crippen LogP contribution in [0, 0.1) is 0 Å². The van der Waals surface area contributed by atoms with Gasteiger partial charge >= 0.3 is 11.9 Å². The van der Waals surface area contributed by atoms with E-state index >= 15 is 0 Å². The van der Waals surface area contributed by atoms with Gasteiger partial charge in [0.15, 0.2) is 12.4 Å². The molecule has 6 atom stereocenters. The fourth-order valence-electron chi connectivity index (χ4n) is 5.12. The summed E-state index contributed by atoms with van der Waals surface area (Å²) in [5, 5.41) is 39.9. The Balaban J connectivity index is 2.46. The molecule has 1 saturated heterocycles. The average Bonchev–Trinajstić information content (AvgIpc) is 3.17. The van der Waals surface area contributed by atoms with Gasteiger partial charge in [0, 0.05) is 12.8 Å². The quantitative estimate of drug-likeness (QED) is 0.0328. The van der Waals surface area contributed by atoms with Crippen LogP contribution in [0.15, 0.2) is 97.2 Å². The predicted molar refractivity (Wildman–Crippen MR) is 214 cm³/mol. The van der Waals surface area contributed by atoms with Gasteiger partial charge in [0.05, 0.1) is 13.2 Å². The molecule has 0 aliphatic carbocycles. The second kappa shape index (κ2) is 34.1. The number of carbonyl (C=O) groups is 2. The highest BCUT2D eigenvalue weighted by Crippen LogP contribution is 2.22. The van der Waals surface area contributed by atoms with Crippen LogP contribution in [0.2, 0.25) is 0 Å². The number of aliphatic hydroxyl groups is 4. The van der Waals surface area contributed by atoms with E-state index in [0.29, 0.717) is 19.3 Å². The number of unbranched alkanes of at least 4 members (excludes halogenated alkanes) is 3. The molecule has 10 nitrogen and oxygen atoms in total. The van der Waals surface area contributed by atoms with Crippen LogP contribution < -0.4 is 0 Å². The summed E-state index contributed by atoms with van der Waals surface area (Å²) in [6, 6.07) is 0. The van der Waals surface area contributed by atoms with Crippen molar-refractivity contribution in [2.24, 2.45) is 0 Å². The molecule has 0 aromatic heterocycles. The van der Waals surface area contributed by atoms with E-state index in [0.717, 1.165) is 64.2 Å². The summed E-state index contributed by atoms with van der Waals surface area (Å²) < 4.78 is 22.0. The molecule has 0 aromatic rings. The topological polar surface area (TPSA) is 152 Å². The van der Waals surface area contributed by atoms with Gasteiger partial charge in [0.2, 0.25) is 0 Å². The Labute approximate surface area is 324 Å². The molecule has 1 aliphatic rings. The molecular weight excluding hydrogens is 688 g/mol.